The molecule has 1 aromatic heterocycles. The molecule has 0 bridgehead atoms. The van der Waals surface area contributed by atoms with Crippen LogP contribution in [-0.4, -0.2) is 28.5 Å². The average molecular weight is 269 g/mol. The maximum atomic E-state index is 11.8. The highest BCUT2D eigenvalue weighted by atomic mass is 32.2. The van der Waals surface area contributed by atoms with Crippen molar-refractivity contribution in [3.63, 3.8) is 0 Å². The van der Waals surface area contributed by atoms with Crippen molar-refractivity contribution in [2.45, 2.75) is 19.9 Å². The Labute approximate surface area is 109 Å². The van der Waals surface area contributed by atoms with Gasteiger partial charge in [0.05, 0.1) is 6.54 Å². The molecule has 1 saturated heterocycles. The van der Waals surface area contributed by atoms with Gasteiger partial charge in [-0.05, 0) is 25.2 Å². The van der Waals surface area contributed by atoms with E-state index in [0.717, 1.165) is 17.9 Å². The maximum absolute atomic E-state index is 11.8. The molecule has 18 heavy (non-hydrogen) atoms. The molecule has 0 radical (unpaired) electrons. The van der Waals surface area contributed by atoms with E-state index < -0.39 is 5.97 Å². The summed E-state index contributed by atoms with van der Waals surface area (Å²) in [4.78, 5) is 22.6. The minimum Gasteiger partial charge on any atom is -0.478 e. The number of carbonyl (C=O) groups is 2. The largest absolute Gasteiger partial charge is 0.478 e. The summed E-state index contributed by atoms with van der Waals surface area (Å²) in [5.41, 5.74) is 0.149. The minimum absolute atomic E-state index is 0.0194. The second kappa shape index (κ2) is 5.48. The summed E-state index contributed by atoms with van der Waals surface area (Å²) in [7, 11) is 0. The standard InChI is InChI=1S/C12H15NO4S/c1-7-10(12(15)16)4-9(17-7)5-13-11(14)8-2-3-18-6-8/h4,8H,2-3,5-6H2,1H3,(H,13,14)(H,15,16). The van der Waals surface area contributed by atoms with Crippen molar-refractivity contribution in [3.05, 3.63) is 23.2 Å². The monoisotopic (exact) mass is 269 g/mol. The number of thioether (sulfide) groups is 1. The lowest BCUT2D eigenvalue weighted by Gasteiger charge is -2.08. The fourth-order valence-electron chi connectivity index (χ4n) is 1.90. The topological polar surface area (TPSA) is 79.5 Å². The Balaban J connectivity index is 1.91. The van der Waals surface area contributed by atoms with Gasteiger partial charge in [0.1, 0.15) is 17.1 Å². The first-order chi connectivity index (χ1) is 8.58. The molecule has 1 fully saturated rings. The molecular formula is C12H15NO4S. The summed E-state index contributed by atoms with van der Waals surface area (Å²) in [6, 6.07) is 1.46. The van der Waals surface area contributed by atoms with E-state index in [1.807, 2.05) is 0 Å². The van der Waals surface area contributed by atoms with Gasteiger partial charge in [-0.3, -0.25) is 4.79 Å². The first-order valence-electron chi connectivity index (χ1n) is 5.76. The third-order valence-corrected chi connectivity index (χ3v) is 4.10. The van der Waals surface area contributed by atoms with E-state index in [1.165, 1.54) is 6.07 Å². The van der Waals surface area contributed by atoms with E-state index in [9.17, 15) is 9.59 Å². The van der Waals surface area contributed by atoms with Crippen molar-refractivity contribution < 1.29 is 19.1 Å². The van der Waals surface area contributed by atoms with Crippen LogP contribution in [0.1, 0.15) is 28.3 Å². The lowest BCUT2D eigenvalue weighted by molar-refractivity contribution is -0.124. The molecule has 98 valence electrons. The van der Waals surface area contributed by atoms with Crippen LogP contribution in [0.5, 0.6) is 0 Å². The van der Waals surface area contributed by atoms with E-state index in [-0.39, 0.29) is 23.9 Å². The Kier molecular flexibility index (Phi) is 3.96. The van der Waals surface area contributed by atoms with Gasteiger partial charge in [-0.1, -0.05) is 0 Å². The van der Waals surface area contributed by atoms with Crippen molar-refractivity contribution in [2.75, 3.05) is 11.5 Å². The molecule has 2 rings (SSSR count). The van der Waals surface area contributed by atoms with Crippen molar-refractivity contribution in [1.82, 2.24) is 5.32 Å². The molecule has 1 aliphatic rings. The molecule has 0 aromatic carbocycles. The fraction of sp³-hybridized carbons (Fsp3) is 0.500. The zero-order valence-corrected chi connectivity index (χ0v) is 10.9. The summed E-state index contributed by atoms with van der Waals surface area (Å²) in [5.74, 6) is 1.81. The van der Waals surface area contributed by atoms with Crippen molar-refractivity contribution in [3.8, 4) is 0 Å². The van der Waals surface area contributed by atoms with Crippen LogP contribution in [0.4, 0.5) is 0 Å². The van der Waals surface area contributed by atoms with E-state index in [4.69, 9.17) is 9.52 Å². The number of hydrogen-bond donors (Lipinski definition) is 2. The predicted molar refractivity (Wildman–Crippen MR) is 67.7 cm³/mol. The third-order valence-electron chi connectivity index (χ3n) is 2.94. The van der Waals surface area contributed by atoms with Gasteiger partial charge in [0.25, 0.3) is 0 Å². The average Bonchev–Trinajstić information content (AvgIpc) is 2.94. The first-order valence-corrected chi connectivity index (χ1v) is 6.91. The highest BCUT2D eigenvalue weighted by Gasteiger charge is 2.23. The van der Waals surface area contributed by atoms with Crippen LogP contribution in [-0.2, 0) is 11.3 Å². The van der Waals surface area contributed by atoms with Crippen LogP contribution >= 0.6 is 11.8 Å². The molecule has 5 nitrogen and oxygen atoms in total. The molecule has 0 saturated carbocycles. The number of carbonyl (C=O) groups excluding carboxylic acids is 1. The van der Waals surface area contributed by atoms with Crippen LogP contribution in [0, 0.1) is 12.8 Å². The Hall–Kier alpha value is -1.43. The van der Waals surface area contributed by atoms with Crippen LogP contribution in [0.3, 0.4) is 0 Å². The fourth-order valence-corrected chi connectivity index (χ4v) is 3.12. The van der Waals surface area contributed by atoms with Gasteiger partial charge in [-0.15, -0.1) is 0 Å². The lowest BCUT2D eigenvalue weighted by atomic mass is 10.1. The maximum Gasteiger partial charge on any atom is 0.339 e. The summed E-state index contributed by atoms with van der Waals surface area (Å²) in [6.07, 6.45) is 0.911. The van der Waals surface area contributed by atoms with Crippen molar-refractivity contribution in [1.29, 1.82) is 0 Å². The SMILES string of the molecule is Cc1oc(CNC(=O)C2CCSC2)cc1C(=O)O. The summed E-state index contributed by atoms with van der Waals surface area (Å²) in [6.45, 7) is 1.84. The summed E-state index contributed by atoms with van der Waals surface area (Å²) >= 11 is 1.78. The van der Waals surface area contributed by atoms with Crippen LogP contribution in [0.2, 0.25) is 0 Å². The van der Waals surface area contributed by atoms with Crippen molar-refractivity contribution in [2.24, 2.45) is 5.92 Å². The molecule has 1 aromatic rings. The van der Waals surface area contributed by atoms with Gasteiger partial charge in [0.15, 0.2) is 0 Å². The molecule has 1 unspecified atom stereocenters. The first kappa shape index (κ1) is 13.0. The quantitative estimate of drug-likeness (QED) is 0.869. The number of aryl methyl sites for hydroxylation is 1. The van der Waals surface area contributed by atoms with Gasteiger partial charge in [0.2, 0.25) is 5.91 Å². The number of amides is 1. The Morgan fingerprint density at radius 1 is 1.61 bits per heavy atom. The van der Waals surface area contributed by atoms with E-state index in [1.54, 1.807) is 18.7 Å². The highest BCUT2D eigenvalue weighted by molar-refractivity contribution is 7.99. The predicted octanol–water partition coefficient (Wildman–Crippen LogP) is 1.66. The van der Waals surface area contributed by atoms with E-state index >= 15 is 0 Å². The molecule has 1 amide bonds. The second-order valence-corrected chi connectivity index (χ2v) is 5.42. The molecule has 1 atom stereocenters. The van der Waals surface area contributed by atoms with Crippen molar-refractivity contribution >= 4 is 23.6 Å². The Bertz CT molecular complexity index is 463. The normalized spacial score (nSPS) is 18.8. The lowest BCUT2D eigenvalue weighted by Crippen LogP contribution is -2.30. The van der Waals surface area contributed by atoms with Crippen LogP contribution in [0.25, 0.3) is 0 Å². The zero-order chi connectivity index (χ0) is 13.1. The zero-order valence-electron chi connectivity index (χ0n) is 10.1. The van der Waals surface area contributed by atoms with Gasteiger partial charge < -0.3 is 14.8 Å². The number of rotatable bonds is 4. The minimum atomic E-state index is -1.01. The van der Waals surface area contributed by atoms with Crippen LogP contribution < -0.4 is 5.32 Å². The van der Waals surface area contributed by atoms with Gasteiger partial charge >= 0.3 is 5.97 Å². The molecule has 1 aliphatic heterocycles. The van der Waals surface area contributed by atoms with E-state index in [0.29, 0.717) is 11.5 Å². The number of carboxylic acid groups (broad SMARTS) is 1. The summed E-state index contributed by atoms with van der Waals surface area (Å²) in [5, 5.41) is 11.7. The number of furan rings is 1. The smallest absolute Gasteiger partial charge is 0.339 e. The van der Waals surface area contributed by atoms with Gasteiger partial charge in [-0.2, -0.15) is 11.8 Å². The number of carboxylic acids is 1. The second-order valence-electron chi connectivity index (χ2n) is 4.27. The number of hydrogen-bond acceptors (Lipinski definition) is 4. The number of aromatic carboxylic acids is 1. The van der Waals surface area contributed by atoms with E-state index in [2.05, 4.69) is 5.32 Å². The summed E-state index contributed by atoms with van der Waals surface area (Å²) < 4.78 is 5.29. The third kappa shape index (κ3) is 2.87. The van der Waals surface area contributed by atoms with Gasteiger partial charge in [0, 0.05) is 11.7 Å². The molecule has 0 spiro atoms. The molecular weight excluding hydrogens is 254 g/mol. The Morgan fingerprint density at radius 2 is 2.39 bits per heavy atom. The van der Waals surface area contributed by atoms with Crippen LogP contribution in [0.15, 0.2) is 10.5 Å². The van der Waals surface area contributed by atoms with Gasteiger partial charge in [-0.25, -0.2) is 4.79 Å². The highest BCUT2D eigenvalue weighted by Crippen LogP contribution is 2.23. The molecule has 2 N–H and O–H groups in total. The Morgan fingerprint density at radius 3 is 2.94 bits per heavy atom. The molecule has 2 heterocycles. The molecule has 6 heteroatoms. The molecule has 0 aliphatic carbocycles. The number of nitrogens with one attached hydrogen (secondary N) is 1.